The number of anilines is 1. The first kappa shape index (κ1) is 10.9. The van der Waals surface area contributed by atoms with E-state index in [-0.39, 0.29) is 0 Å². The lowest BCUT2D eigenvalue weighted by Crippen LogP contribution is -2.37. The van der Waals surface area contributed by atoms with Gasteiger partial charge in [0.1, 0.15) is 11.5 Å². The van der Waals surface area contributed by atoms with Gasteiger partial charge in [0.05, 0.1) is 18.8 Å². The molecule has 0 unspecified atom stereocenters. The van der Waals surface area contributed by atoms with Gasteiger partial charge in [-0.2, -0.15) is 0 Å². The average Bonchev–Trinajstić information content (AvgIpc) is 3.11. The highest BCUT2D eigenvalue weighted by Crippen LogP contribution is 2.31. The van der Waals surface area contributed by atoms with Crippen molar-refractivity contribution in [1.82, 2.24) is 15.0 Å². The van der Waals surface area contributed by atoms with Crippen molar-refractivity contribution in [3.05, 3.63) is 36.7 Å². The molecule has 5 nitrogen and oxygen atoms in total. The van der Waals surface area contributed by atoms with Crippen LogP contribution in [-0.4, -0.2) is 40.2 Å². The van der Waals surface area contributed by atoms with Crippen LogP contribution in [-0.2, 0) is 4.74 Å². The Labute approximate surface area is 111 Å². The standard InChI is InChI=1S/C14H14N4O/c1-2-5-15-12(3-1)14-16-6-4-13(17-14)18-8-11-7-10(18)9-19-11/h1-6,10-11H,7-9H2/t10-,11-/m0/s1. The highest BCUT2D eigenvalue weighted by molar-refractivity contribution is 5.53. The largest absolute Gasteiger partial charge is 0.374 e. The van der Waals surface area contributed by atoms with Crippen LogP contribution >= 0.6 is 0 Å². The molecule has 0 amide bonds. The van der Waals surface area contributed by atoms with E-state index in [1.165, 1.54) is 0 Å². The van der Waals surface area contributed by atoms with Crippen LogP contribution in [0.4, 0.5) is 5.82 Å². The molecule has 4 rings (SSSR count). The fourth-order valence-electron chi connectivity index (χ4n) is 2.81. The van der Waals surface area contributed by atoms with Crippen molar-refractivity contribution < 1.29 is 4.74 Å². The molecular formula is C14H14N4O. The average molecular weight is 254 g/mol. The molecule has 2 saturated heterocycles. The lowest BCUT2D eigenvalue weighted by molar-refractivity contribution is 0.0989. The van der Waals surface area contributed by atoms with Gasteiger partial charge in [-0.15, -0.1) is 0 Å². The molecule has 2 bridgehead atoms. The first-order valence-electron chi connectivity index (χ1n) is 6.53. The van der Waals surface area contributed by atoms with Gasteiger partial charge in [0.25, 0.3) is 0 Å². The second kappa shape index (κ2) is 4.28. The van der Waals surface area contributed by atoms with E-state index >= 15 is 0 Å². The maximum absolute atomic E-state index is 5.62. The number of rotatable bonds is 2. The molecule has 0 aliphatic carbocycles. The van der Waals surface area contributed by atoms with Gasteiger partial charge in [-0.25, -0.2) is 9.97 Å². The Morgan fingerprint density at radius 2 is 2.16 bits per heavy atom. The Bertz CT molecular complexity index is 589. The third kappa shape index (κ3) is 1.86. The van der Waals surface area contributed by atoms with Crippen LogP contribution in [0.3, 0.4) is 0 Å². The van der Waals surface area contributed by atoms with Gasteiger partial charge in [-0.05, 0) is 24.6 Å². The van der Waals surface area contributed by atoms with Gasteiger partial charge < -0.3 is 9.64 Å². The molecule has 96 valence electrons. The van der Waals surface area contributed by atoms with E-state index in [2.05, 4.69) is 19.9 Å². The number of nitrogens with zero attached hydrogens (tertiary/aromatic N) is 4. The summed E-state index contributed by atoms with van der Waals surface area (Å²) in [4.78, 5) is 15.6. The SMILES string of the molecule is c1ccc(-c2nccc(N3C[C@@H]4C[C@H]3CO4)n2)nc1. The van der Waals surface area contributed by atoms with Crippen LogP contribution in [0.1, 0.15) is 6.42 Å². The summed E-state index contributed by atoms with van der Waals surface area (Å²) in [7, 11) is 0. The predicted octanol–water partition coefficient (Wildman–Crippen LogP) is 1.52. The fraction of sp³-hybridized carbons (Fsp3) is 0.357. The minimum atomic E-state index is 0.373. The fourth-order valence-corrected chi connectivity index (χ4v) is 2.81. The Morgan fingerprint density at radius 3 is 2.89 bits per heavy atom. The van der Waals surface area contributed by atoms with Crippen molar-refractivity contribution in [2.75, 3.05) is 18.1 Å². The molecule has 2 aromatic heterocycles. The molecular weight excluding hydrogens is 240 g/mol. The molecule has 0 saturated carbocycles. The summed E-state index contributed by atoms with van der Waals surface area (Å²) in [6.07, 6.45) is 5.05. The number of ether oxygens (including phenoxy) is 1. The van der Waals surface area contributed by atoms with Crippen LogP contribution in [0.5, 0.6) is 0 Å². The van der Waals surface area contributed by atoms with E-state index in [1.54, 1.807) is 12.4 Å². The highest BCUT2D eigenvalue weighted by Gasteiger charge is 2.39. The molecule has 2 aliphatic rings. The number of hydrogen-bond donors (Lipinski definition) is 0. The van der Waals surface area contributed by atoms with E-state index in [1.807, 2.05) is 24.3 Å². The number of pyridine rings is 1. The Hall–Kier alpha value is -2.01. The van der Waals surface area contributed by atoms with Crippen molar-refractivity contribution in [3.63, 3.8) is 0 Å². The molecule has 19 heavy (non-hydrogen) atoms. The van der Waals surface area contributed by atoms with Gasteiger partial charge in [-0.3, -0.25) is 4.98 Å². The van der Waals surface area contributed by atoms with E-state index in [9.17, 15) is 0 Å². The van der Waals surface area contributed by atoms with Gasteiger partial charge in [0.2, 0.25) is 0 Å². The molecule has 4 heterocycles. The molecule has 2 atom stereocenters. The van der Waals surface area contributed by atoms with E-state index < -0.39 is 0 Å². The zero-order chi connectivity index (χ0) is 12.7. The lowest BCUT2D eigenvalue weighted by Gasteiger charge is -2.27. The summed E-state index contributed by atoms with van der Waals surface area (Å²) in [6.45, 7) is 1.75. The normalized spacial score (nSPS) is 24.9. The van der Waals surface area contributed by atoms with Gasteiger partial charge in [-0.1, -0.05) is 6.07 Å². The second-order valence-electron chi connectivity index (χ2n) is 4.95. The van der Waals surface area contributed by atoms with E-state index in [0.717, 1.165) is 31.1 Å². The van der Waals surface area contributed by atoms with Crippen molar-refractivity contribution in [2.24, 2.45) is 0 Å². The third-order valence-corrected chi connectivity index (χ3v) is 3.73. The van der Waals surface area contributed by atoms with Gasteiger partial charge >= 0.3 is 0 Å². The van der Waals surface area contributed by atoms with Crippen LogP contribution in [0.2, 0.25) is 0 Å². The van der Waals surface area contributed by atoms with Crippen LogP contribution in [0, 0.1) is 0 Å². The Kier molecular flexibility index (Phi) is 2.45. The molecule has 5 heteroatoms. The van der Waals surface area contributed by atoms with Crippen LogP contribution < -0.4 is 4.90 Å². The topological polar surface area (TPSA) is 51.1 Å². The van der Waals surface area contributed by atoms with E-state index in [0.29, 0.717) is 18.0 Å². The van der Waals surface area contributed by atoms with Gasteiger partial charge in [0, 0.05) is 18.9 Å². The summed E-state index contributed by atoms with van der Waals surface area (Å²) in [5.74, 6) is 1.66. The van der Waals surface area contributed by atoms with Crippen molar-refractivity contribution >= 4 is 5.82 Å². The van der Waals surface area contributed by atoms with Crippen molar-refractivity contribution in [3.8, 4) is 11.5 Å². The second-order valence-corrected chi connectivity index (χ2v) is 4.95. The predicted molar refractivity (Wildman–Crippen MR) is 70.8 cm³/mol. The zero-order valence-electron chi connectivity index (χ0n) is 10.4. The lowest BCUT2D eigenvalue weighted by atomic mass is 10.2. The molecule has 2 fully saturated rings. The molecule has 2 aliphatic heterocycles. The third-order valence-electron chi connectivity index (χ3n) is 3.73. The quantitative estimate of drug-likeness (QED) is 0.813. The minimum Gasteiger partial charge on any atom is -0.374 e. The summed E-state index contributed by atoms with van der Waals surface area (Å²) < 4.78 is 5.62. The van der Waals surface area contributed by atoms with Crippen molar-refractivity contribution in [2.45, 2.75) is 18.6 Å². The summed E-state index contributed by atoms with van der Waals surface area (Å²) in [5, 5.41) is 0. The summed E-state index contributed by atoms with van der Waals surface area (Å²) in [5.41, 5.74) is 0.810. The highest BCUT2D eigenvalue weighted by atomic mass is 16.5. The molecule has 0 spiro atoms. The maximum atomic E-state index is 5.62. The number of morpholine rings is 1. The van der Waals surface area contributed by atoms with E-state index in [4.69, 9.17) is 4.74 Å². The molecule has 2 aromatic rings. The monoisotopic (exact) mass is 254 g/mol. The molecule has 0 N–H and O–H groups in total. The summed E-state index contributed by atoms with van der Waals surface area (Å²) >= 11 is 0. The Balaban J connectivity index is 1.68. The number of fused-ring (bicyclic) bond motifs is 2. The first-order valence-corrected chi connectivity index (χ1v) is 6.53. The smallest absolute Gasteiger partial charge is 0.180 e. The van der Waals surface area contributed by atoms with Crippen molar-refractivity contribution in [1.29, 1.82) is 0 Å². The number of aromatic nitrogens is 3. The maximum Gasteiger partial charge on any atom is 0.180 e. The molecule has 0 radical (unpaired) electrons. The van der Waals surface area contributed by atoms with Gasteiger partial charge in [0.15, 0.2) is 5.82 Å². The van der Waals surface area contributed by atoms with Crippen LogP contribution in [0.25, 0.3) is 11.5 Å². The molecule has 0 aromatic carbocycles. The first-order chi connectivity index (χ1) is 9.40. The van der Waals surface area contributed by atoms with Crippen LogP contribution in [0.15, 0.2) is 36.7 Å². The summed E-state index contributed by atoms with van der Waals surface area (Å²) in [6, 6.07) is 8.20. The number of hydrogen-bond acceptors (Lipinski definition) is 5. The Morgan fingerprint density at radius 1 is 1.16 bits per heavy atom. The minimum absolute atomic E-state index is 0.373. The zero-order valence-corrected chi connectivity index (χ0v) is 10.4.